The molecule has 14 heavy (non-hydrogen) atoms. The Morgan fingerprint density at radius 1 is 1.14 bits per heavy atom. The van der Waals surface area contributed by atoms with E-state index in [0.29, 0.717) is 0 Å². The average Bonchev–Trinajstić information content (AvgIpc) is 2.02. The molecule has 0 saturated heterocycles. The first-order valence-corrected chi connectivity index (χ1v) is 5.33. The van der Waals surface area contributed by atoms with Gasteiger partial charge in [0.25, 0.3) is 0 Å². The molecule has 0 amide bonds. The zero-order valence-corrected chi connectivity index (χ0v) is 16.6. The molecule has 0 radical (unpaired) electrons. The molecule has 0 aromatic rings. The van der Waals surface area contributed by atoms with E-state index in [2.05, 4.69) is 53.9 Å². The normalized spacial score (nSPS) is 9.86. The van der Waals surface area contributed by atoms with Crippen LogP contribution in [0.2, 0.25) is 0 Å². The standard InChI is InChI=1S/C6H16N2.C5H12.Rb/c1-7(2)5-6-8(3)4;1-4-5(2)3;/h5-6H2,1-4H3;5H,4H2,1-3H3;/q;;+1/p+1. The van der Waals surface area contributed by atoms with Crippen molar-refractivity contribution < 1.29 is 63.1 Å². The Morgan fingerprint density at radius 2 is 1.50 bits per heavy atom. The minimum absolute atomic E-state index is 0. The van der Waals surface area contributed by atoms with Crippen LogP contribution in [0.25, 0.3) is 0 Å². The molecular formula is C11H29N2Rb+2. The van der Waals surface area contributed by atoms with E-state index in [0.717, 1.165) is 5.92 Å². The van der Waals surface area contributed by atoms with Crippen LogP contribution in [0, 0.1) is 5.92 Å². The van der Waals surface area contributed by atoms with Crippen molar-refractivity contribution in [1.82, 2.24) is 4.90 Å². The molecular weight excluding hydrogens is 246 g/mol. The van der Waals surface area contributed by atoms with E-state index in [4.69, 9.17) is 0 Å². The van der Waals surface area contributed by atoms with Gasteiger partial charge in [-0.1, -0.05) is 27.2 Å². The van der Waals surface area contributed by atoms with Gasteiger partial charge >= 0.3 is 58.2 Å². The van der Waals surface area contributed by atoms with Gasteiger partial charge in [0.05, 0.1) is 20.6 Å². The molecule has 1 N–H and O–H groups in total. The molecule has 0 heterocycles. The zero-order chi connectivity index (χ0) is 10.9. The van der Waals surface area contributed by atoms with Crippen molar-refractivity contribution in [3.63, 3.8) is 0 Å². The number of hydrogen-bond acceptors (Lipinski definition) is 1. The van der Waals surface area contributed by atoms with Gasteiger partial charge in [-0.2, -0.15) is 0 Å². The molecule has 0 atom stereocenters. The van der Waals surface area contributed by atoms with E-state index in [1.165, 1.54) is 24.4 Å². The largest absolute Gasteiger partial charge is 1.00 e. The van der Waals surface area contributed by atoms with Crippen molar-refractivity contribution in [2.45, 2.75) is 27.2 Å². The summed E-state index contributed by atoms with van der Waals surface area (Å²) in [6.45, 7) is 9.06. The van der Waals surface area contributed by atoms with Gasteiger partial charge in [0, 0.05) is 6.54 Å². The molecule has 3 heteroatoms. The SMILES string of the molecule is CCC(C)C.CN(C)CC[NH+](C)C.[Rb+]. The number of rotatable bonds is 4. The third kappa shape index (κ3) is 29.2. The monoisotopic (exact) mass is 274 g/mol. The van der Waals surface area contributed by atoms with Crippen LogP contribution in [0.5, 0.6) is 0 Å². The fourth-order valence-corrected chi connectivity index (χ4v) is 0.447. The number of quaternary nitrogens is 1. The van der Waals surface area contributed by atoms with Crippen LogP contribution in [0.4, 0.5) is 0 Å². The summed E-state index contributed by atoms with van der Waals surface area (Å²) in [5.41, 5.74) is 0. The summed E-state index contributed by atoms with van der Waals surface area (Å²) in [5.74, 6) is 0.884. The maximum Gasteiger partial charge on any atom is 1.00 e. The van der Waals surface area contributed by atoms with Crippen LogP contribution >= 0.6 is 0 Å². The van der Waals surface area contributed by atoms with Crippen molar-refractivity contribution >= 4 is 0 Å². The maximum absolute atomic E-state index is 2.22. The van der Waals surface area contributed by atoms with E-state index < -0.39 is 0 Å². The summed E-state index contributed by atoms with van der Waals surface area (Å²) in [6, 6.07) is 0. The maximum atomic E-state index is 2.22. The van der Waals surface area contributed by atoms with Crippen LogP contribution in [0.15, 0.2) is 0 Å². The van der Waals surface area contributed by atoms with Gasteiger partial charge in [-0.05, 0) is 20.0 Å². The Labute approximate surface area is 140 Å². The molecule has 82 valence electrons. The second-order valence-electron chi connectivity index (χ2n) is 4.56. The molecule has 0 bridgehead atoms. The molecule has 0 unspecified atom stereocenters. The van der Waals surface area contributed by atoms with Gasteiger partial charge in [0.1, 0.15) is 0 Å². The smallest absolute Gasteiger partial charge is 0.339 e. The van der Waals surface area contributed by atoms with E-state index in [1.54, 1.807) is 0 Å². The minimum atomic E-state index is 0. The molecule has 0 aliphatic heterocycles. The molecule has 0 aromatic heterocycles. The third-order valence-electron chi connectivity index (χ3n) is 1.88. The van der Waals surface area contributed by atoms with Crippen LogP contribution in [0.3, 0.4) is 0 Å². The first kappa shape index (κ1) is 21.1. The van der Waals surface area contributed by atoms with Gasteiger partial charge in [0.15, 0.2) is 0 Å². The number of nitrogens with one attached hydrogen (secondary N) is 1. The quantitative estimate of drug-likeness (QED) is 0.609. The molecule has 2 nitrogen and oxygen atoms in total. The molecule has 0 aromatic carbocycles. The predicted molar refractivity (Wildman–Crippen MR) is 61.4 cm³/mol. The van der Waals surface area contributed by atoms with E-state index in [9.17, 15) is 0 Å². The molecule has 0 rings (SSSR count). The van der Waals surface area contributed by atoms with Crippen molar-refractivity contribution in [2.75, 3.05) is 41.3 Å². The Morgan fingerprint density at radius 3 is 1.57 bits per heavy atom. The van der Waals surface area contributed by atoms with E-state index in [-0.39, 0.29) is 58.2 Å². The summed E-state index contributed by atoms with van der Waals surface area (Å²) in [7, 11) is 8.54. The molecule has 0 saturated carbocycles. The molecule has 0 fully saturated rings. The summed E-state index contributed by atoms with van der Waals surface area (Å²) >= 11 is 0. The predicted octanol–water partition coefficient (Wildman–Crippen LogP) is -2.25. The fraction of sp³-hybridized carbons (Fsp3) is 1.00. The van der Waals surface area contributed by atoms with Gasteiger partial charge in [0.2, 0.25) is 0 Å². The second kappa shape index (κ2) is 14.7. The number of likely N-dealkylation sites (N-methyl/N-ethyl adjacent to an activating group) is 2. The summed E-state index contributed by atoms with van der Waals surface area (Å²) in [6.07, 6.45) is 1.31. The summed E-state index contributed by atoms with van der Waals surface area (Å²) in [4.78, 5) is 3.71. The molecule has 0 aliphatic rings. The van der Waals surface area contributed by atoms with Gasteiger partial charge < -0.3 is 9.80 Å². The minimum Gasteiger partial charge on any atom is -0.339 e. The Balaban J connectivity index is -0.000000177. The number of nitrogens with zero attached hydrogens (tertiary/aromatic N) is 1. The first-order chi connectivity index (χ1) is 5.90. The summed E-state index contributed by atoms with van der Waals surface area (Å²) < 4.78 is 0. The third-order valence-corrected chi connectivity index (χ3v) is 1.88. The first-order valence-electron chi connectivity index (χ1n) is 5.33. The topological polar surface area (TPSA) is 7.68 Å². The van der Waals surface area contributed by atoms with E-state index in [1.807, 2.05) is 0 Å². The van der Waals surface area contributed by atoms with Crippen LogP contribution in [0.1, 0.15) is 27.2 Å². The van der Waals surface area contributed by atoms with Crippen molar-refractivity contribution in [1.29, 1.82) is 0 Å². The second-order valence-corrected chi connectivity index (χ2v) is 4.56. The van der Waals surface area contributed by atoms with Crippen LogP contribution in [-0.2, 0) is 0 Å². The van der Waals surface area contributed by atoms with Gasteiger partial charge in [-0.15, -0.1) is 0 Å². The summed E-state index contributed by atoms with van der Waals surface area (Å²) in [5, 5.41) is 0. The Hall–Kier alpha value is 1.73. The molecule has 0 aliphatic carbocycles. The van der Waals surface area contributed by atoms with Crippen LogP contribution in [-0.4, -0.2) is 46.2 Å². The van der Waals surface area contributed by atoms with Crippen molar-refractivity contribution in [2.24, 2.45) is 5.92 Å². The zero-order valence-electron chi connectivity index (χ0n) is 11.6. The van der Waals surface area contributed by atoms with E-state index >= 15 is 0 Å². The van der Waals surface area contributed by atoms with Gasteiger partial charge in [-0.3, -0.25) is 0 Å². The Kier molecular flexibility index (Phi) is 22.1. The van der Waals surface area contributed by atoms with Crippen LogP contribution < -0.4 is 63.1 Å². The average molecular weight is 275 g/mol. The van der Waals surface area contributed by atoms with Gasteiger partial charge in [-0.25, -0.2) is 0 Å². The van der Waals surface area contributed by atoms with Crippen molar-refractivity contribution in [3.8, 4) is 0 Å². The number of hydrogen-bond donors (Lipinski definition) is 1. The molecule has 0 spiro atoms. The fourth-order valence-electron chi connectivity index (χ4n) is 0.447. The Bertz CT molecular complexity index is 85.3. The van der Waals surface area contributed by atoms with Crippen molar-refractivity contribution in [3.05, 3.63) is 0 Å².